The van der Waals surface area contributed by atoms with Gasteiger partial charge in [0.1, 0.15) is 5.82 Å². The number of aromatic nitrogens is 1. The molecule has 0 aliphatic carbocycles. The molecule has 1 amide bonds. The molecule has 0 spiro atoms. The number of H-pyrrole nitrogens is 1. The Morgan fingerprint density at radius 2 is 2.05 bits per heavy atom. The first-order valence-electron chi connectivity index (χ1n) is 6.07. The van der Waals surface area contributed by atoms with Gasteiger partial charge in [0.2, 0.25) is 0 Å². The third-order valence-electron chi connectivity index (χ3n) is 3.11. The lowest BCUT2D eigenvalue weighted by atomic mass is 10.1. The van der Waals surface area contributed by atoms with Gasteiger partial charge < -0.3 is 16.0 Å². The van der Waals surface area contributed by atoms with Gasteiger partial charge in [-0.25, -0.2) is 4.39 Å². The molecular weight excluding hydrogens is 257 g/mol. The van der Waals surface area contributed by atoms with Crippen LogP contribution in [0.5, 0.6) is 0 Å². The van der Waals surface area contributed by atoms with Gasteiger partial charge in [0.15, 0.2) is 0 Å². The molecule has 100 valence electrons. The van der Waals surface area contributed by atoms with Crippen LogP contribution in [0.3, 0.4) is 0 Å². The lowest BCUT2D eigenvalue weighted by Gasteiger charge is -2.08. The highest BCUT2D eigenvalue weighted by atomic mass is 19.1. The second-order valence-electron chi connectivity index (χ2n) is 4.43. The van der Waals surface area contributed by atoms with Gasteiger partial charge in [0.25, 0.3) is 5.91 Å². The third kappa shape index (κ3) is 2.09. The standard InChI is InChI=1S/C15H12FN3O/c16-12-3-1-2-11(14(12)17)15(20)19-10-4-5-13-9(8-10)6-7-18-13/h1-8,18H,17H2,(H,19,20). The van der Waals surface area contributed by atoms with E-state index in [-0.39, 0.29) is 11.3 Å². The van der Waals surface area contributed by atoms with Crippen molar-refractivity contribution in [3.05, 3.63) is 60.0 Å². The maximum absolute atomic E-state index is 13.3. The summed E-state index contributed by atoms with van der Waals surface area (Å²) < 4.78 is 13.3. The largest absolute Gasteiger partial charge is 0.396 e. The molecule has 0 unspecified atom stereocenters. The highest BCUT2D eigenvalue weighted by Crippen LogP contribution is 2.20. The Balaban J connectivity index is 1.90. The van der Waals surface area contributed by atoms with Gasteiger partial charge in [-0.05, 0) is 36.4 Å². The summed E-state index contributed by atoms with van der Waals surface area (Å²) in [5.74, 6) is -1.03. The summed E-state index contributed by atoms with van der Waals surface area (Å²) in [5, 5.41) is 3.69. The van der Waals surface area contributed by atoms with Gasteiger partial charge in [-0.3, -0.25) is 4.79 Å². The van der Waals surface area contributed by atoms with Gasteiger partial charge in [0, 0.05) is 22.8 Å². The molecule has 20 heavy (non-hydrogen) atoms. The summed E-state index contributed by atoms with van der Waals surface area (Å²) in [6.45, 7) is 0. The number of fused-ring (bicyclic) bond motifs is 1. The van der Waals surface area contributed by atoms with Crippen molar-refractivity contribution in [2.75, 3.05) is 11.1 Å². The molecule has 3 aromatic rings. The van der Waals surface area contributed by atoms with Crippen molar-refractivity contribution < 1.29 is 9.18 Å². The maximum Gasteiger partial charge on any atom is 0.257 e. The third-order valence-corrected chi connectivity index (χ3v) is 3.11. The van der Waals surface area contributed by atoms with E-state index >= 15 is 0 Å². The van der Waals surface area contributed by atoms with Crippen LogP contribution in [0.4, 0.5) is 15.8 Å². The number of hydrogen-bond donors (Lipinski definition) is 3. The number of aromatic amines is 1. The summed E-state index contributed by atoms with van der Waals surface area (Å²) in [7, 11) is 0. The van der Waals surface area contributed by atoms with Crippen LogP contribution in [0.1, 0.15) is 10.4 Å². The molecule has 0 aliphatic heterocycles. The number of amides is 1. The molecule has 2 aromatic carbocycles. The van der Waals surface area contributed by atoms with E-state index in [1.165, 1.54) is 18.2 Å². The number of halogens is 1. The summed E-state index contributed by atoms with van der Waals surface area (Å²) in [6.07, 6.45) is 1.82. The molecule has 0 bridgehead atoms. The Bertz CT molecular complexity index is 795. The number of carbonyl (C=O) groups excluding carboxylic acids is 1. The average Bonchev–Trinajstić information content (AvgIpc) is 2.89. The lowest BCUT2D eigenvalue weighted by Crippen LogP contribution is -2.14. The molecule has 1 heterocycles. The zero-order chi connectivity index (χ0) is 14.1. The zero-order valence-corrected chi connectivity index (χ0v) is 10.5. The molecular formula is C15H12FN3O. The minimum atomic E-state index is -0.598. The number of rotatable bonds is 2. The first kappa shape index (κ1) is 12.2. The van der Waals surface area contributed by atoms with E-state index in [0.29, 0.717) is 5.69 Å². The van der Waals surface area contributed by atoms with Gasteiger partial charge in [-0.15, -0.1) is 0 Å². The molecule has 4 N–H and O–H groups in total. The van der Waals surface area contributed by atoms with Crippen molar-refractivity contribution in [1.82, 2.24) is 4.98 Å². The van der Waals surface area contributed by atoms with Crippen LogP contribution >= 0.6 is 0 Å². The number of nitrogen functional groups attached to an aromatic ring is 1. The van der Waals surface area contributed by atoms with Crippen LogP contribution in [0.15, 0.2) is 48.7 Å². The predicted molar refractivity (Wildman–Crippen MR) is 77.1 cm³/mol. The SMILES string of the molecule is Nc1c(F)cccc1C(=O)Nc1ccc2[nH]ccc2c1. The van der Waals surface area contributed by atoms with Gasteiger partial charge in [-0.1, -0.05) is 6.07 Å². The molecule has 0 saturated carbocycles. The second-order valence-corrected chi connectivity index (χ2v) is 4.43. The number of nitrogens with one attached hydrogen (secondary N) is 2. The molecule has 0 atom stereocenters. The van der Waals surface area contributed by atoms with Crippen LogP contribution in [-0.2, 0) is 0 Å². The monoisotopic (exact) mass is 269 g/mol. The quantitative estimate of drug-likeness (QED) is 0.625. The number of benzene rings is 2. The maximum atomic E-state index is 13.3. The summed E-state index contributed by atoms with van der Waals surface area (Å²) >= 11 is 0. The highest BCUT2D eigenvalue weighted by Gasteiger charge is 2.12. The Morgan fingerprint density at radius 1 is 1.20 bits per heavy atom. The number of anilines is 2. The Labute approximate surface area is 114 Å². The van der Waals surface area contributed by atoms with Crippen LogP contribution in [-0.4, -0.2) is 10.9 Å². The first-order valence-corrected chi connectivity index (χ1v) is 6.07. The van der Waals surface area contributed by atoms with Crippen molar-refractivity contribution in [3.63, 3.8) is 0 Å². The van der Waals surface area contributed by atoms with E-state index < -0.39 is 11.7 Å². The molecule has 0 fully saturated rings. The van der Waals surface area contributed by atoms with Crippen molar-refractivity contribution >= 4 is 28.2 Å². The van der Waals surface area contributed by atoms with Crippen LogP contribution in [0.2, 0.25) is 0 Å². The molecule has 5 heteroatoms. The van der Waals surface area contributed by atoms with Crippen LogP contribution in [0, 0.1) is 5.82 Å². The summed E-state index contributed by atoms with van der Waals surface area (Å²) in [4.78, 5) is 15.2. The Hall–Kier alpha value is -2.82. The molecule has 3 rings (SSSR count). The smallest absolute Gasteiger partial charge is 0.257 e. The number of para-hydroxylation sites is 1. The fourth-order valence-corrected chi connectivity index (χ4v) is 2.06. The lowest BCUT2D eigenvalue weighted by molar-refractivity contribution is 0.102. The molecule has 0 saturated heterocycles. The molecule has 0 radical (unpaired) electrons. The van der Waals surface area contributed by atoms with E-state index in [1.54, 1.807) is 6.07 Å². The summed E-state index contributed by atoms with van der Waals surface area (Å²) in [6, 6.07) is 11.5. The van der Waals surface area contributed by atoms with E-state index in [0.717, 1.165) is 10.9 Å². The van der Waals surface area contributed by atoms with Crippen molar-refractivity contribution in [2.24, 2.45) is 0 Å². The highest BCUT2D eigenvalue weighted by molar-refractivity contribution is 6.08. The Kier molecular flexibility index (Phi) is 2.87. The van der Waals surface area contributed by atoms with E-state index in [9.17, 15) is 9.18 Å². The fourth-order valence-electron chi connectivity index (χ4n) is 2.06. The fraction of sp³-hybridized carbons (Fsp3) is 0. The second kappa shape index (κ2) is 4.70. The predicted octanol–water partition coefficient (Wildman–Crippen LogP) is 3.14. The molecule has 0 aliphatic rings. The topological polar surface area (TPSA) is 70.9 Å². The first-order chi connectivity index (χ1) is 9.65. The van der Waals surface area contributed by atoms with Crippen LogP contribution < -0.4 is 11.1 Å². The van der Waals surface area contributed by atoms with E-state index in [1.807, 2.05) is 24.4 Å². The summed E-state index contributed by atoms with van der Waals surface area (Å²) in [5.41, 5.74) is 7.16. The van der Waals surface area contributed by atoms with Crippen molar-refractivity contribution in [3.8, 4) is 0 Å². The van der Waals surface area contributed by atoms with Gasteiger partial charge in [-0.2, -0.15) is 0 Å². The van der Waals surface area contributed by atoms with E-state index in [2.05, 4.69) is 10.3 Å². The molecule has 1 aromatic heterocycles. The average molecular weight is 269 g/mol. The number of nitrogens with two attached hydrogens (primary N) is 1. The number of hydrogen-bond acceptors (Lipinski definition) is 2. The van der Waals surface area contributed by atoms with Gasteiger partial charge in [0.05, 0.1) is 11.3 Å². The molecule has 4 nitrogen and oxygen atoms in total. The zero-order valence-electron chi connectivity index (χ0n) is 10.5. The minimum Gasteiger partial charge on any atom is -0.396 e. The van der Waals surface area contributed by atoms with Crippen LogP contribution in [0.25, 0.3) is 10.9 Å². The van der Waals surface area contributed by atoms with Crippen molar-refractivity contribution in [2.45, 2.75) is 0 Å². The Morgan fingerprint density at radius 3 is 2.90 bits per heavy atom. The number of carbonyl (C=O) groups is 1. The van der Waals surface area contributed by atoms with Crippen molar-refractivity contribution in [1.29, 1.82) is 0 Å². The van der Waals surface area contributed by atoms with E-state index in [4.69, 9.17) is 5.73 Å². The van der Waals surface area contributed by atoms with Gasteiger partial charge >= 0.3 is 0 Å². The minimum absolute atomic E-state index is 0.124. The normalized spacial score (nSPS) is 10.7.